The van der Waals surface area contributed by atoms with Crippen molar-refractivity contribution < 1.29 is 9.59 Å². The first-order valence-electron chi connectivity index (χ1n) is 11.2. The molecule has 1 atom stereocenters. The first-order chi connectivity index (χ1) is 14.6. The summed E-state index contributed by atoms with van der Waals surface area (Å²) in [5.41, 5.74) is 4.02. The van der Waals surface area contributed by atoms with Crippen LogP contribution in [0.4, 0.5) is 10.5 Å². The molecule has 31 heavy (non-hydrogen) atoms. The van der Waals surface area contributed by atoms with Crippen molar-refractivity contribution in [2.45, 2.75) is 60.5 Å². The molecule has 170 valence electrons. The smallest absolute Gasteiger partial charge is 0.322 e. The lowest BCUT2D eigenvalue weighted by Crippen LogP contribution is -2.48. The molecule has 0 fully saturated rings. The van der Waals surface area contributed by atoms with Gasteiger partial charge in [-0.2, -0.15) is 0 Å². The summed E-state index contributed by atoms with van der Waals surface area (Å²) in [5.74, 6) is 0.302. The van der Waals surface area contributed by atoms with Crippen molar-refractivity contribution in [2.75, 3.05) is 18.4 Å². The van der Waals surface area contributed by atoms with Crippen molar-refractivity contribution in [1.82, 2.24) is 14.4 Å². The molecule has 2 aromatic rings. The van der Waals surface area contributed by atoms with Crippen LogP contribution < -0.4 is 5.32 Å². The predicted molar refractivity (Wildman–Crippen MR) is 127 cm³/mol. The van der Waals surface area contributed by atoms with E-state index >= 15 is 0 Å². The summed E-state index contributed by atoms with van der Waals surface area (Å²) >= 11 is 0. The van der Waals surface area contributed by atoms with Crippen molar-refractivity contribution in [3.63, 3.8) is 0 Å². The van der Waals surface area contributed by atoms with Crippen LogP contribution in [0.25, 0.3) is 0 Å². The average molecular weight is 427 g/mol. The van der Waals surface area contributed by atoms with Crippen LogP contribution in [-0.2, 0) is 18.4 Å². The molecule has 0 bridgehead atoms. The molecule has 1 aromatic carbocycles. The van der Waals surface area contributed by atoms with Gasteiger partial charge in [-0.05, 0) is 62.4 Å². The number of hydrogen-bond donors (Lipinski definition) is 1. The Morgan fingerprint density at radius 3 is 2.39 bits per heavy atom. The van der Waals surface area contributed by atoms with Gasteiger partial charge >= 0.3 is 6.03 Å². The van der Waals surface area contributed by atoms with Crippen LogP contribution in [0, 0.1) is 19.8 Å². The number of carbonyl (C=O) groups excluding carboxylic acids is 2. The number of carbonyl (C=O) groups is 2. The lowest BCUT2D eigenvalue weighted by molar-refractivity contribution is -0.133. The highest BCUT2D eigenvalue weighted by atomic mass is 16.2. The van der Waals surface area contributed by atoms with E-state index in [0.717, 1.165) is 28.9 Å². The van der Waals surface area contributed by atoms with Gasteiger partial charge in [-0.25, -0.2) is 4.79 Å². The van der Waals surface area contributed by atoms with Crippen LogP contribution >= 0.6 is 0 Å². The van der Waals surface area contributed by atoms with E-state index in [1.807, 2.05) is 80.7 Å². The standard InChI is InChI=1S/C25H38N4O2/c1-8-20(5)29(25(31)26-23-13-9-11-19(4)21(23)6)17-24(30)28(15-18(2)3)16-22-12-10-14-27(22)7/h9-14,18,20H,8,15-17H2,1-7H3,(H,26,31)/t20-/m1/s1. The van der Waals surface area contributed by atoms with Crippen molar-refractivity contribution in [3.8, 4) is 0 Å². The molecular weight excluding hydrogens is 388 g/mol. The summed E-state index contributed by atoms with van der Waals surface area (Å²) in [6.07, 6.45) is 2.76. The predicted octanol–water partition coefficient (Wildman–Crippen LogP) is 4.96. The highest BCUT2D eigenvalue weighted by Gasteiger charge is 2.26. The van der Waals surface area contributed by atoms with Crippen molar-refractivity contribution >= 4 is 17.6 Å². The Bertz CT molecular complexity index is 887. The van der Waals surface area contributed by atoms with Crippen LogP contribution in [0.15, 0.2) is 36.5 Å². The van der Waals surface area contributed by atoms with Crippen LogP contribution in [-0.4, -0.2) is 45.4 Å². The molecule has 0 aliphatic rings. The lowest BCUT2D eigenvalue weighted by Gasteiger charge is -2.32. The lowest BCUT2D eigenvalue weighted by atomic mass is 10.1. The molecule has 3 amide bonds. The Labute approximate surface area is 187 Å². The van der Waals surface area contributed by atoms with Gasteiger partial charge in [-0.3, -0.25) is 4.79 Å². The van der Waals surface area contributed by atoms with Gasteiger partial charge in [0.2, 0.25) is 5.91 Å². The molecule has 0 unspecified atom stereocenters. The van der Waals surface area contributed by atoms with Gasteiger partial charge in [0.15, 0.2) is 0 Å². The first kappa shape index (κ1) is 24.5. The van der Waals surface area contributed by atoms with Crippen LogP contribution in [0.5, 0.6) is 0 Å². The zero-order valence-electron chi connectivity index (χ0n) is 20.1. The molecule has 6 nitrogen and oxygen atoms in total. The summed E-state index contributed by atoms with van der Waals surface area (Å²) in [4.78, 5) is 30.0. The molecule has 0 saturated heterocycles. The largest absolute Gasteiger partial charge is 0.353 e. The third-order valence-electron chi connectivity index (χ3n) is 5.88. The maximum absolute atomic E-state index is 13.3. The van der Waals surface area contributed by atoms with Crippen molar-refractivity contribution in [2.24, 2.45) is 13.0 Å². The molecule has 0 saturated carbocycles. The second kappa shape index (κ2) is 11.0. The Balaban J connectivity index is 2.20. The maximum atomic E-state index is 13.3. The van der Waals surface area contributed by atoms with E-state index in [9.17, 15) is 9.59 Å². The van der Waals surface area contributed by atoms with Gasteiger partial charge < -0.3 is 19.7 Å². The van der Waals surface area contributed by atoms with E-state index in [1.54, 1.807) is 4.90 Å². The molecule has 2 rings (SSSR count). The molecule has 1 N–H and O–H groups in total. The number of nitrogens with one attached hydrogen (secondary N) is 1. The number of aromatic nitrogens is 1. The Morgan fingerprint density at radius 2 is 1.81 bits per heavy atom. The fourth-order valence-electron chi connectivity index (χ4n) is 3.52. The van der Waals surface area contributed by atoms with E-state index in [-0.39, 0.29) is 24.5 Å². The third-order valence-corrected chi connectivity index (χ3v) is 5.88. The van der Waals surface area contributed by atoms with Crippen LogP contribution in [0.1, 0.15) is 50.9 Å². The van der Waals surface area contributed by atoms with E-state index in [2.05, 4.69) is 19.2 Å². The molecule has 6 heteroatoms. The number of amides is 3. The van der Waals surface area contributed by atoms with E-state index in [0.29, 0.717) is 19.0 Å². The number of urea groups is 1. The van der Waals surface area contributed by atoms with Gasteiger partial charge in [-0.1, -0.05) is 32.9 Å². The molecular formula is C25H38N4O2. The maximum Gasteiger partial charge on any atom is 0.322 e. The quantitative estimate of drug-likeness (QED) is 0.616. The Morgan fingerprint density at radius 1 is 1.10 bits per heavy atom. The third kappa shape index (κ3) is 6.61. The number of nitrogens with zero attached hydrogens (tertiary/aromatic N) is 3. The van der Waals surface area contributed by atoms with Gasteiger partial charge in [-0.15, -0.1) is 0 Å². The number of rotatable bonds is 9. The average Bonchev–Trinajstić information content (AvgIpc) is 3.12. The molecule has 0 spiro atoms. The number of anilines is 1. The van der Waals surface area contributed by atoms with Gasteiger partial charge in [0.1, 0.15) is 6.54 Å². The topological polar surface area (TPSA) is 57.6 Å². The minimum atomic E-state index is -0.236. The Hall–Kier alpha value is -2.76. The first-order valence-corrected chi connectivity index (χ1v) is 11.2. The highest BCUT2D eigenvalue weighted by Crippen LogP contribution is 2.19. The van der Waals surface area contributed by atoms with E-state index < -0.39 is 0 Å². The van der Waals surface area contributed by atoms with Crippen LogP contribution in [0.2, 0.25) is 0 Å². The highest BCUT2D eigenvalue weighted by molar-refractivity contribution is 5.93. The van der Waals surface area contributed by atoms with Crippen LogP contribution in [0.3, 0.4) is 0 Å². The second-order valence-electron chi connectivity index (χ2n) is 8.84. The SMILES string of the molecule is CC[C@@H](C)N(CC(=O)N(Cc1cccn1C)CC(C)C)C(=O)Nc1cccc(C)c1C. The monoisotopic (exact) mass is 426 g/mol. The van der Waals surface area contributed by atoms with Gasteiger partial charge in [0.05, 0.1) is 6.54 Å². The molecule has 1 heterocycles. The molecule has 1 aromatic heterocycles. The summed E-state index contributed by atoms with van der Waals surface area (Å²) in [7, 11) is 1.98. The normalized spacial score (nSPS) is 12.0. The summed E-state index contributed by atoms with van der Waals surface area (Å²) < 4.78 is 2.03. The minimum absolute atomic E-state index is 0.0358. The molecule has 0 aliphatic heterocycles. The number of aryl methyl sites for hydroxylation is 2. The zero-order chi connectivity index (χ0) is 23.1. The Kier molecular flexibility index (Phi) is 8.72. The molecule has 0 radical (unpaired) electrons. The number of benzene rings is 1. The van der Waals surface area contributed by atoms with Crippen molar-refractivity contribution in [3.05, 3.63) is 53.3 Å². The van der Waals surface area contributed by atoms with Gasteiger partial charge in [0, 0.05) is 37.2 Å². The fourth-order valence-corrected chi connectivity index (χ4v) is 3.52. The summed E-state index contributed by atoms with van der Waals surface area (Å²) in [5, 5.41) is 3.02. The van der Waals surface area contributed by atoms with Gasteiger partial charge in [0.25, 0.3) is 0 Å². The molecule has 0 aliphatic carbocycles. The van der Waals surface area contributed by atoms with Crippen molar-refractivity contribution in [1.29, 1.82) is 0 Å². The van der Waals surface area contributed by atoms with E-state index in [4.69, 9.17) is 0 Å². The zero-order valence-corrected chi connectivity index (χ0v) is 20.1. The number of hydrogen-bond acceptors (Lipinski definition) is 2. The minimum Gasteiger partial charge on any atom is -0.353 e. The fraction of sp³-hybridized carbons (Fsp3) is 0.520. The van der Waals surface area contributed by atoms with E-state index in [1.165, 1.54) is 0 Å². The second-order valence-corrected chi connectivity index (χ2v) is 8.84. The summed E-state index contributed by atoms with van der Waals surface area (Å²) in [6, 6.07) is 9.58. The summed E-state index contributed by atoms with van der Waals surface area (Å²) in [6.45, 7) is 13.5.